The average molecular weight is 240 g/mol. The lowest BCUT2D eigenvalue weighted by molar-refractivity contribution is 0.184. The van der Waals surface area contributed by atoms with E-state index in [0.29, 0.717) is 11.5 Å². The molecule has 3 aromatic rings. The van der Waals surface area contributed by atoms with Crippen LogP contribution in [-0.2, 0) is 0 Å². The van der Waals surface area contributed by atoms with Crippen LogP contribution < -0.4 is 0 Å². The van der Waals surface area contributed by atoms with Gasteiger partial charge in [-0.2, -0.15) is 5.10 Å². The highest BCUT2D eigenvalue weighted by atomic mass is 16.4. The number of hydrogen-bond donors (Lipinski definition) is 1. The Bertz CT molecular complexity index is 614. The van der Waals surface area contributed by atoms with Gasteiger partial charge in [0.1, 0.15) is 5.76 Å². The van der Waals surface area contributed by atoms with Gasteiger partial charge in [0.2, 0.25) is 0 Å². The third-order valence-electron chi connectivity index (χ3n) is 2.72. The van der Waals surface area contributed by atoms with E-state index in [1.165, 1.54) is 6.26 Å². The number of hydrogen-bond acceptors (Lipinski definition) is 3. The molecule has 0 radical (unpaired) electrons. The fourth-order valence-electron chi connectivity index (χ4n) is 1.80. The summed E-state index contributed by atoms with van der Waals surface area (Å²) in [5.74, 6) is 0.494. The van der Waals surface area contributed by atoms with Crippen LogP contribution in [0.15, 0.2) is 65.4 Å². The number of furan rings is 1. The molecule has 0 fully saturated rings. The number of aliphatic hydroxyl groups is 1. The maximum absolute atomic E-state index is 10.1. The second kappa shape index (κ2) is 4.50. The van der Waals surface area contributed by atoms with Gasteiger partial charge in [0.15, 0.2) is 6.10 Å². The molecule has 18 heavy (non-hydrogen) atoms. The summed E-state index contributed by atoms with van der Waals surface area (Å²) in [6.07, 6.45) is 2.52. The van der Waals surface area contributed by atoms with Crippen LogP contribution in [0.25, 0.3) is 5.69 Å². The highest BCUT2D eigenvalue weighted by Crippen LogP contribution is 2.21. The molecule has 1 unspecified atom stereocenters. The van der Waals surface area contributed by atoms with Crippen molar-refractivity contribution in [3.05, 3.63) is 72.4 Å². The predicted molar refractivity (Wildman–Crippen MR) is 66.3 cm³/mol. The van der Waals surface area contributed by atoms with Crippen molar-refractivity contribution in [2.45, 2.75) is 6.10 Å². The van der Waals surface area contributed by atoms with Gasteiger partial charge in [-0.25, -0.2) is 4.68 Å². The molecule has 1 atom stereocenters. The predicted octanol–water partition coefficient (Wildman–Crippen LogP) is 2.55. The molecule has 0 aliphatic heterocycles. The topological polar surface area (TPSA) is 51.2 Å². The minimum absolute atomic E-state index is 0.494. The number of aromatic nitrogens is 2. The minimum Gasteiger partial charge on any atom is -0.466 e. The Hall–Kier alpha value is -2.33. The molecule has 0 spiro atoms. The van der Waals surface area contributed by atoms with E-state index < -0.39 is 6.10 Å². The van der Waals surface area contributed by atoms with Crippen molar-refractivity contribution < 1.29 is 9.52 Å². The van der Waals surface area contributed by atoms with Crippen LogP contribution in [-0.4, -0.2) is 14.9 Å². The van der Waals surface area contributed by atoms with E-state index in [4.69, 9.17) is 4.42 Å². The lowest BCUT2D eigenvalue weighted by atomic mass is 10.2. The van der Waals surface area contributed by atoms with E-state index in [-0.39, 0.29) is 0 Å². The molecule has 2 heterocycles. The zero-order valence-electron chi connectivity index (χ0n) is 9.60. The zero-order valence-corrected chi connectivity index (χ0v) is 9.60. The summed E-state index contributed by atoms with van der Waals surface area (Å²) in [6.45, 7) is 0. The smallest absolute Gasteiger partial charge is 0.155 e. The van der Waals surface area contributed by atoms with Crippen molar-refractivity contribution in [3.8, 4) is 5.69 Å². The summed E-state index contributed by atoms with van der Waals surface area (Å²) in [6, 6.07) is 15.0. The lowest BCUT2D eigenvalue weighted by Gasteiger charge is -2.04. The van der Waals surface area contributed by atoms with E-state index in [1.807, 2.05) is 36.5 Å². The van der Waals surface area contributed by atoms with Crippen molar-refractivity contribution in [2.75, 3.05) is 0 Å². The Morgan fingerprint density at radius 2 is 1.89 bits per heavy atom. The van der Waals surface area contributed by atoms with Crippen LogP contribution in [0.3, 0.4) is 0 Å². The maximum Gasteiger partial charge on any atom is 0.155 e. The molecule has 0 amide bonds. The van der Waals surface area contributed by atoms with E-state index >= 15 is 0 Å². The van der Waals surface area contributed by atoms with Gasteiger partial charge in [-0.1, -0.05) is 18.2 Å². The first-order chi connectivity index (χ1) is 8.84. The summed E-state index contributed by atoms with van der Waals surface area (Å²) in [4.78, 5) is 0. The fourth-order valence-corrected chi connectivity index (χ4v) is 1.80. The molecule has 0 bridgehead atoms. The molecular formula is C14H12N2O2. The van der Waals surface area contributed by atoms with Gasteiger partial charge in [0.05, 0.1) is 17.6 Å². The molecule has 4 nitrogen and oxygen atoms in total. The third-order valence-corrected chi connectivity index (χ3v) is 2.72. The van der Waals surface area contributed by atoms with Gasteiger partial charge in [-0.3, -0.25) is 0 Å². The van der Waals surface area contributed by atoms with Gasteiger partial charge in [0, 0.05) is 6.20 Å². The Morgan fingerprint density at radius 1 is 1.06 bits per heavy atom. The number of rotatable bonds is 3. The summed E-state index contributed by atoms with van der Waals surface area (Å²) in [5.41, 5.74) is 1.52. The summed E-state index contributed by atoms with van der Waals surface area (Å²) in [5, 5.41) is 14.4. The Balaban J connectivity index is 1.90. The largest absolute Gasteiger partial charge is 0.466 e. The molecule has 90 valence electrons. The molecule has 1 N–H and O–H groups in total. The Kier molecular flexibility index (Phi) is 2.70. The highest BCUT2D eigenvalue weighted by Gasteiger charge is 2.16. The second-order valence-electron chi connectivity index (χ2n) is 3.94. The van der Waals surface area contributed by atoms with Gasteiger partial charge < -0.3 is 9.52 Å². The first-order valence-electron chi connectivity index (χ1n) is 5.67. The Morgan fingerprint density at radius 3 is 2.61 bits per heavy atom. The molecule has 2 aromatic heterocycles. The van der Waals surface area contributed by atoms with E-state index in [1.54, 1.807) is 22.9 Å². The molecule has 3 rings (SSSR count). The van der Waals surface area contributed by atoms with E-state index in [9.17, 15) is 5.11 Å². The molecule has 0 aliphatic rings. The maximum atomic E-state index is 10.1. The molecular weight excluding hydrogens is 228 g/mol. The first-order valence-corrected chi connectivity index (χ1v) is 5.67. The van der Waals surface area contributed by atoms with E-state index in [0.717, 1.165) is 5.69 Å². The van der Waals surface area contributed by atoms with Crippen LogP contribution >= 0.6 is 0 Å². The van der Waals surface area contributed by atoms with Crippen molar-refractivity contribution in [1.82, 2.24) is 9.78 Å². The number of benzene rings is 1. The van der Waals surface area contributed by atoms with Gasteiger partial charge in [-0.15, -0.1) is 0 Å². The highest BCUT2D eigenvalue weighted by molar-refractivity contribution is 5.31. The van der Waals surface area contributed by atoms with Crippen LogP contribution in [0.1, 0.15) is 17.6 Å². The van der Waals surface area contributed by atoms with Crippen molar-refractivity contribution in [3.63, 3.8) is 0 Å². The zero-order chi connectivity index (χ0) is 12.4. The number of nitrogens with zero attached hydrogens (tertiary/aromatic N) is 2. The molecule has 1 aromatic carbocycles. The normalized spacial score (nSPS) is 12.5. The van der Waals surface area contributed by atoms with Crippen molar-refractivity contribution in [1.29, 1.82) is 0 Å². The standard InChI is InChI=1S/C14H12N2O2/c17-14(13-7-4-10-18-13)12-8-9-16(15-12)11-5-2-1-3-6-11/h1-10,14,17H. The van der Waals surface area contributed by atoms with E-state index in [2.05, 4.69) is 5.10 Å². The third kappa shape index (κ3) is 1.94. The van der Waals surface area contributed by atoms with Crippen LogP contribution in [0.2, 0.25) is 0 Å². The van der Waals surface area contributed by atoms with Gasteiger partial charge in [-0.05, 0) is 30.3 Å². The van der Waals surface area contributed by atoms with Crippen molar-refractivity contribution in [2.24, 2.45) is 0 Å². The molecule has 0 saturated carbocycles. The Labute approximate surface area is 104 Å². The molecule has 0 saturated heterocycles. The quantitative estimate of drug-likeness (QED) is 0.765. The summed E-state index contributed by atoms with van der Waals surface area (Å²) >= 11 is 0. The molecule has 0 aliphatic carbocycles. The fraction of sp³-hybridized carbons (Fsp3) is 0.0714. The van der Waals surface area contributed by atoms with Crippen LogP contribution in [0.5, 0.6) is 0 Å². The minimum atomic E-state index is -0.829. The monoisotopic (exact) mass is 240 g/mol. The van der Waals surface area contributed by atoms with Crippen LogP contribution in [0.4, 0.5) is 0 Å². The number of aliphatic hydroxyl groups excluding tert-OH is 1. The summed E-state index contributed by atoms with van der Waals surface area (Å²) < 4.78 is 6.89. The molecule has 4 heteroatoms. The van der Waals surface area contributed by atoms with Gasteiger partial charge >= 0.3 is 0 Å². The first kappa shape index (κ1) is 10.8. The SMILES string of the molecule is OC(c1ccn(-c2ccccc2)n1)c1ccco1. The average Bonchev–Trinajstić information content (AvgIpc) is 3.10. The van der Waals surface area contributed by atoms with Gasteiger partial charge in [0.25, 0.3) is 0 Å². The lowest BCUT2D eigenvalue weighted by Crippen LogP contribution is -2.01. The second-order valence-corrected chi connectivity index (χ2v) is 3.94. The van der Waals surface area contributed by atoms with Crippen molar-refractivity contribution >= 4 is 0 Å². The summed E-state index contributed by atoms with van der Waals surface area (Å²) in [7, 11) is 0. The number of para-hydroxylation sites is 1. The van der Waals surface area contributed by atoms with Crippen LogP contribution in [0, 0.1) is 0 Å².